The first kappa shape index (κ1) is 18.6. The number of benzene rings is 1. The number of halogens is 4. The molecule has 6 nitrogen and oxygen atoms in total. The van der Waals surface area contributed by atoms with Gasteiger partial charge in [-0.3, -0.25) is 0 Å². The SMILES string of the molecule is CN([C@H](c1ccc(Cl)cc1)C(F)(F)F)S(=O)(=O)c1ccn2ncnc2c1. The molecule has 2 heterocycles. The molecule has 3 rings (SSSR count). The van der Waals surface area contributed by atoms with Crippen molar-refractivity contribution in [3.05, 3.63) is 59.5 Å². The van der Waals surface area contributed by atoms with E-state index in [1.54, 1.807) is 0 Å². The molecule has 0 amide bonds. The predicted octanol–water partition coefficient (Wildman–Crippen LogP) is 3.31. The third kappa shape index (κ3) is 3.39. The molecule has 138 valence electrons. The van der Waals surface area contributed by atoms with Crippen LogP contribution in [0.2, 0.25) is 5.02 Å². The summed E-state index contributed by atoms with van der Waals surface area (Å²) in [6.07, 6.45) is -2.30. The number of sulfonamides is 1. The number of pyridine rings is 1. The second kappa shape index (κ2) is 6.53. The smallest absolute Gasteiger partial charge is 0.221 e. The number of hydrogen-bond acceptors (Lipinski definition) is 4. The Balaban J connectivity index is 2.07. The Morgan fingerprint density at radius 3 is 2.46 bits per heavy atom. The minimum absolute atomic E-state index is 0.203. The van der Waals surface area contributed by atoms with Crippen molar-refractivity contribution in [2.24, 2.45) is 0 Å². The van der Waals surface area contributed by atoms with Gasteiger partial charge in [-0.25, -0.2) is 17.9 Å². The molecule has 0 N–H and O–H groups in total. The number of nitrogens with zero attached hydrogens (tertiary/aromatic N) is 4. The molecule has 0 aliphatic rings. The van der Waals surface area contributed by atoms with E-state index >= 15 is 0 Å². The van der Waals surface area contributed by atoms with Gasteiger partial charge in [-0.05, 0) is 23.8 Å². The molecule has 0 radical (unpaired) electrons. The molecular weight excluding hydrogens is 393 g/mol. The van der Waals surface area contributed by atoms with E-state index in [9.17, 15) is 21.6 Å². The highest BCUT2D eigenvalue weighted by Gasteiger charge is 2.47. The van der Waals surface area contributed by atoms with E-state index in [2.05, 4.69) is 10.1 Å². The fourth-order valence-corrected chi connectivity index (χ4v) is 3.98. The molecule has 11 heteroatoms. The largest absolute Gasteiger partial charge is 0.409 e. The second-order valence-electron chi connectivity index (χ2n) is 5.44. The third-order valence-electron chi connectivity index (χ3n) is 3.79. The van der Waals surface area contributed by atoms with Crippen molar-refractivity contribution in [1.29, 1.82) is 0 Å². The summed E-state index contributed by atoms with van der Waals surface area (Å²) in [7, 11) is -3.56. The zero-order valence-corrected chi connectivity index (χ0v) is 14.8. The number of fused-ring (bicyclic) bond motifs is 1. The average molecular weight is 405 g/mol. The lowest BCUT2D eigenvalue weighted by Gasteiger charge is -2.29. The summed E-state index contributed by atoms with van der Waals surface area (Å²) in [4.78, 5) is 3.53. The van der Waals surface area contributed by atoms with Crippen LogP contribution in [-0.4, -0.2) is 40.5 Å². The molecule has 0 bridgehead atoms. The van der Waals surface area contributed by atoms with E-state index in [0.29, 0.717) is 4.31 Å². The zero-order valence-electron chi connectivity index (χ0n) is 13.2. The summed E-state index contributed by atoms with van der Waals surface area (Å²) in [6.45, 7) is 0. The maximum atomic E-state index is 13.6. The molecule has 0 spiro atoms. The van der Waals surface area contributed by atoms with Crippen LogP contribution >= 0.6 is 11.6 Å². The van der Waals surface area contributed by atoms with Crippen LogP contribution < -0.4 is 0 Å². The second-order valence-corrected chi connectivity index (χ2v) is 7.88. The first-order chi connectivity index (χ1) is 12.1. The maximum absolute atomic E-state index is 13.6. The first-order valence-electron chi connectivity index (χ1n) is 7.20. The van der Waals surface area contributed by atoms with E-state index in [1.807, 2.05) is 0 Å². The van der Waals surface area contributed by atoms with Crippen LogP contribution in [0.3, 0.4) is 0 Å². The Morgan fingerprint density at radius 2 is 1.85 bits per heavy atom. The number of alkyl halides is 3. The summed E-state index contributed by atoms with van der Waals surface area (Å²) in [6, 6.07) is 4.81. The molecule has 0 saturated heterocycles. The Labute approximate surface area is 151 Å². The molecule has 3 aromatic rings. The number of aromatic nitrogens is 3. The third-order valence-corrected chi connectivity index (χ3v) is 5.86. The number of rotatable bonds is 4. The summed E-state index contributed by atoms with van der Waals surface area (Å²) in [5.74, 6) is 0. The normalized spacial score (nSPS) is 14.1. The lowest BCUT2D eigenvalue weighted by molar-refractivity contribution is -0.171. The fraction of sp³-hybridized carbons (Fsp3) is 0.200. The van der Waals surface area contributed by atoms with Crippen molar-refractivity contribution >= 4 is 27.3 Å². The molecule has 0 aliphatic carbocycles. The lowest BCUT2D eigenvalue weighted by Crippen LogP contribution is -2.39. The minimum atomic E-state index is -4.82. The standard InChI is InChI=1S/C15H12ClF3N4O2S/c1-22(14(15(17,18)19)10-2-4-11(16)5-3-10)26(24,25)12-6-7-23-13(8-12)20-9-21-23/h2-9,14H,1H3/t14-/m1/s1. The van der Waals surface area contributed by atoms with Crippen LogP contribution in [0.5, 0.6) is 0 Å². The molecule has 0 aliphatic heterocycles. The van der Waals surface area contributed by atoms with Crippen LogP contribution in [0.25, 0.3) is 5.65 Å². The van der Waals surface area contributed by atoms with E-state index in [1.165, 1.54) is 35.2 Å². The highest BCUT2D eigenvalue weighted by atomic mass is 35.5. The predicted molar refractivity (Wildman–Crippen MR) is 88.2 cm³/mol. The van der Waals surface area contributed by atoms with Gasteiger partial charge in [0.1, 0.15) is 12.4 Å². The van der Waals surface area contributed by atoms with Gasteiger partial charge in [0.05, 0.1) is 4.90 Å². The molecular formula is C15H12ClF3N4O2S. The van der Waals surface area contributed by atoms with Crippen molar-refractivity contribution in [3.63, 3.8) is 0 Å². The average Bonchev–Trinajstić information content (AvgIpc) is 3.03. The molecule has 1 atom stereocenters. The molecule has 0 unspecified atom stereocenters. The van der Waals surface area contributed by atoms with Gasteiger partial charge in [0.2, 0.25) is 10.0 Å². The molecule has 0 fully saturated rings. The van der Waals surface area contributed by atoms with Gasteiger partial charge in [-0.1, -0.05) is 23.7 Å². The molecule has 0 saturated carbocycles. The summed E-state index contributed by atoms with van der Waals surface area (Å²) in [5.41, 5.74) is -0.0361. The summed E-state index contributed by atoms with van der Waals surface area (Å²) in [5, 5.41) is 4.07. The van der Waals surface area contributed by atoms with Gasteiger partial charge in [0.15, 0.2) is 5.65 Å². The first-order valence-corrected chi connectivity index (χ1v) is 9.02. The summed E-state index contributed by atoms with van der Waals surface area (Å²) >= 11 is 5.71. The Kier molecular flexibility index (Phi) is 4.67. The molecule has 2 aromatic heterocycles. The summed E-state index contributed by atoms with van der Waals surface area (Å²) < 4.78 is 68.1. The van der Waals surface area contributed by atoms with Crippen molar-refractivity contribution in [3.8, 4) is 0 Å². The van der Waals surface area contributed by atoms with Crippen molar-refractivity contribution in [2.75, 3.05) is 7.05 Å². The van der Waals surface area contributed by atoms with Gasteiger partial charge >= 0.3 is 6.18 Å². The van der Waals surface area contributed by atoms with E-state index in [-0.39, 0.29) is 21.1 Å². The zero-order chi connectivity index (χ0) is 19.1. The lowest BCUT2D eigenvalue weighted by atomic mass is 10.1. The maximum Gasteiger partial charge on any atom is 0.409 e. The van der Waals surface area contributed by atoms with E-state index in [4.69, 9.17) is 11.6 Å². The highest BCUT2D eigenvalue weighted by molar-refractivity contribution is 7.89. The minimum Gasteiger partial charge on any atom is -0.221 e. The van der Waals surface area contributed by atoms with Gasteiger partial charge in [0.25, 0.3) is 0 Å². The van der Waals surface area contributed by atoms with Gasteiger partial charge in [0, 0.05) is 24.3 Å². The van der Waals surface area contributed by atoms with Crippen LogP contribution in [-0.2, 0) is 10.0 Å². The van der Waals surface area contributed by atoms with E-state index < -0.39 is 22.2 Å². The Hall–Kier alpha value is -2.17. The van der Waals surface area contributed by atoms with Crippen LogP contribution in [0, 0.1) is 0 Å². The van der Waals surface area contributed by atoms with E-state index in [0.717, 1.165) is 25.2 Å². The number of hydrogen-bond donors (Lipinski definition) is 0. The van der Waals surface area contributed by atoms with Crippen LogP contribution in [0.1, 0.15) is 11.6 Å². The van der Waals surface area contributed by atoms with Crippen molar-refractivity contribution < 1.29 is 21.6 Å². The Bertz CT molecular complexity index is 1030. The van der Waals surface area contributed by atoms with Crippen LogP contribution in [0.4, 0.5) is 13.2 Å². The highest BCUT2D eigenvalue weighted by Crippen LogP contribution is 2.39. The monoisotopic (exact) mass is 404 g/mol. The van der Waals surface area contributed by atoms with Gasteiger partial charge < -0.3 is 0 Å². The fourth-order valence-electron chi connectivity index (χ4n) is 2.51. The Morgan fingerprint density at radius 1 is 1.19 bits per heavy atom. The van der Waals surface area contributed by atoms with Gasteiger partial charge in [-0.2, -0.15) is 22.6 Å². The van der Waals surface area contributed by atoms with Crippen LogP contribution in [0.15, 0.2) is 53.8 Å². The topological polar surface area (TPSA) is 67.6 Å². The molecule has 26 heavy (non-hydrogen) atoms. The van der Waals surface area contributed by atoms with Crippen molar-refractivity contribution in [2.45, 2.75) is 17.1 Å². The molecule has 1 aromatic carbocycles. The van der Waals surface area contributed by atoms with Gasteiger partial charge in [-0.15, -0.1) is 0 Å². The quantitative estimate of drug-likeness (QED) is 0.669. The van der Waals surface area contributed by atoms with Crippen molar-refractivity contribution in [1.82, 2.24) is 18.9 Å².